The van der Waals surface area contributed by atoms with Crippen LogP contribution in [0.4, 0.5) is 5.69 Å². The minimum Gasteiger partial charge on any atom is -0.467 e. The number of hydrogen-bond donors (Lipinski definition) is 1. The average molecular weight is 405 g/mol. The molecular weight excluding hydrogens is 384 g/mol. The molecule has 1 atom stereocenters. The Labute approximate surface area is 162 Å². The molecule has 0 saturated carbocycles. The van der Waals surface area contributed by atoms with Gasteiger partial charge in [0.25, 0.3) is 0 Å². The van der Waals surface area contributed by atoms with Crippen molar-refractivity contribution in [2.24, 2.45) is 10.1 Å². The third-order valence-electron chi connectivity index (χ3n) is 4.51. The van der Waals surface area contributed by atoms with Gasteiger partial charge in [0.2, 0.25) is 10.0 Å². The lowest BCUT2D eigenvalue weighted by molar-refractivity contribution is 0.512. The minimum absolute atomic E-state index is 0.0635. The molecule has 0 amide bonds. The van der Waals surface area contributed by atoms with Crippen molar-refractivity contribution in [3.63, 3.8) is 0 Å². The van der Waals surface area contributed by atoms with Gasteiger partial charge in [-0.25, -0.2) is 8.42 Å². The van der Waals surface area contributed by atoms with Crippen LogP contribution in [0.25, 0.3) is 0 Å². The van der Waals surface area contributed by atoms with Crippen molar-refractivity contribution in [3.8, 4) is 0 Å². The number of benzene rings is 1. The van der Waals surface area contributed by atoms with Crippen molar-refractivity contribution < 1.29 is 12.8 Å². The molecule has 0 saturated heterocycles. The maximum atomic E-state index is 12.0. The molecule has 2 aromatic rings. The molecule has 2 aliphatic heterocycles. The van der Waals surface area contributed by atoms with E-state index in [9.17, 15) is 8.42 Å². The molecule has 7 nitrogen and oxygen atoms in total. The van der Waals surface area contributed by atoms with Gasteiger partial charge in [0, 0.05) is 11.8 Å². The molecule has 9 heteroatoms. The average Bonchev–Trinajstić information content (AvgIpc) is 3.25. The van der Waals surface area contributed by atoms with Crippen molar-refractivity contribution >= 4 is 38.4 Å². The van der Waals surface area contributed by atoms with Gasteiger partial charge >= 0.3 is 0 Å². The first-order valence-electron chi connectivity index (χ1n) is 8.57. The number of amidine groups is 1. The van der Waals surface area contributed by atoms with Crippen LogP contribution in [0.2, 0.25) is 0 Å². The van der Waals surface area contributed by atoms with E-state index in [1.807, 2.05) is 37.3 Å². The van der Waals surface area contributed by atoms with Gasteiger partial charge in [-0.3, -0.25) is 14.7 Å². The summed E-state index contributed by atoms with van der Waals surface area (Å²) in [4.78, 5) is 4.45. The van der Waals surface area contributed by atoms with E-state index in [2.05, 4.69) is 15.5 Å². The number of nitrogens with zero attached hydrogens (tertiary/aromatic N) is 3. The highest BCUT2D eigenvalue weighted by Crippen LogP contribution is 2.35. The molecular formula is C18H20N4O3S2. The third kappa shape index (κ3) is 3.74. The van der Waals surface area contributed by atoms with Crippen LogP contribution < -0.4 is 9.73 Å². The number of furan rings is 1. The summed E-state index contributed by atoms with van der Waals surface area (Å²) in [5.74, 6) is 1.51. The van der Waals surface area contributed by atoms with E-state index in [4.69, 9.17) is 4.42 Å². The Kier molecular flexibility index (Phi) is 4.73. The zero-order chi connectivity index (χ0) is 19.0. The third-order valence-corrected chi connectivity index (χ3v) is 6.70. The normalized spacial score (nSPS) is 21.1. The number of fused-ring (bicyclic) bond motifs is 1. The maximum absolute atomic E-state index is 12.0. The number of anilines is 1. The molecule has 1 N–H and O–H groups in total. The van der Waals surface area contributed by atoms with Gasteiger partial charge in [0.05, 0.1) is 30.5 Å². The Balaban J connectivity index is 1.51. The van der Waals surface area contributed by atoms with Crippen LogP contribution in [0.1, 0.15) is 23.8 Å². The molecule has 2 aliphatic rings. The second kappa shape index (κ2) is 7.05. The Morgan fingerprint density at radius 2 is 2.26 bits per heavy atom. The van der Waals surface area contributed by atoms with Crippen molar-refractivity contribution in [2.45, 2.75) is 25.9 Å². The fraction of sp³-hybridized carbons (Fsp3) is 0.333. The molecule has 0 spiro atoms. The van der Waals surface area contributed by atoms with Crippen LogP contribution in [-0.4, -0.2) is 37.3 Å². The molecule has 1 aromatic carbocycles. The Morgan fingerprint density at radius 1 is 1.41 bits per heavy atom. The van der Waals surface area contributed by atoms with E-state index >= 15 is 0 Å². The summed E-state index contributed by atoms with van der Waals surface area (Å²) in [5, 5.41) is 5.20. The van der Waals surface area contributed by atoms with Crippen molar-refractivity contribution in [2.75, 3.05) is 16.3 Å². The molecule has 3 heterocycles. The molecule has 4 rings (SSSR count). The monoisotopic (exact) mass is 404 g/mol. The van der Waals surface area contributed by atoms with E-state index in [0.717, 1.165) is 33.5 Å². The van der Waals surface area contributed by atoms with E-state index in [0.29, 0.717) is 18.7 Å². The summed E-state index contributed by atoms with van der Waals surface area (Å²) in [6.07, 6.45) is 3.59. The van der Waals surface area contributed by atoms with Gasteiger partial charge < -0.3 is 4.42 Å². The van der Waals surface area contributed by atoms with Gasteiger partial charge in [-0.15, -0.1) is 0 Å². The molecule has 0 fully saturated rings. The molecule has 142 valence electrons. The quantitative estimate of drug-likeness (QED) is 0.846. The first-order chi connectivity index (χ1) is 12.9. The SMILES string of the molecule is C[C@@H]1Cc2cc(C3=NNC(=NCc4ccco4)SC3)ccc2N1S(C)(=O)=O. The summed E-state index contributed by atoms with van der Waals surface area (Å²) in [6.45, 7) is 2.41. The van der Waals surface area contributed by atoms with Gasteiger partial charge in [-0.2, -0.15) is 5.10 Å². The second-order valence-corrected chi connectivity index (χ2v) is 9.44. The van der Waals surface area contributed by atoms with Crippen molar-refractivity contribution in [3.05, 3.63) is 53.5 Å². The fourth-order valence-corrected chi connectivity index (χ4v) is 5.42. The van der Waals surface area contributed by atoms with Crippen LogP contribution in [0, 0.1) is 0 Å². The Hall–Kier alpha value is -2.26. The first-order valence-corrected chi connectivity index (χ1v) is 11.4. The summed E-state index contributed by atoms with van der Waals surface area (Å²) in [5.41, 5.74) is 6.72. The largest absolute Gasteiger partial charge is 0.467 e. The molecule has 0 aliphatic carbocycles. The van der Waals surface area contributed by atoms with E-state index in [1.165, 1.54) is 10.6 Å². The lowest BCUT2D eigenvalue weighted by atomic mass is 10.0. The summed E-state index contributed by atoms with van der Waals surface area (Å²) < 4.78 is 30.9. The van der Waals surface area contributed by atoms with E-state index < -0.39 is 10.0 Å². The van der Waals surface area contributed by atoms with Crippen LogP contribution in [0.5, 0.6) is 0 Å². The highest BCUT2D eigenvalue weighted by Gasteiger charge is 2.32. The summed E-state index contributed by atoms with van der Waals surface area (Å²) in [6, 6.07) is 9.52. The van der Waals surface area contributed by atoms with Crippen LogP contribution in [0.3, 0.4) is 0 Å². The predicted octanol–water partition coefficient (Wildman–Crippen LogP) is 2.59. The zero-order valence-electron chi connectivity index (χ0n) is 15.0. The van der Waals surface area contributed by atoms with Gasteiger partial charge in [-0.1, -0.05) is 17.8 Å². The molecule has 27 heavy (non-hydrogen) atoms. The highest BCUT2D eigenvalue weighted by molar-refractivity contribution is 8.14. The van der Waals surface area contributed by atoms with Crippen molar-refractivity contribution in [1.82, 2.24) is 5.43 Å². The lowest BCUT2D eigenvalue weighted by Crippen LogP contribution is -2.34. The summed E-state index contributed by atoms with van der Waals surface area (Å²) >= 11 is 1.59. The van der Waals surface area contributed by atoms with Gasteiger partial charge in [0.15, 0.2) is 5.17 Å². The Morgan fingerprint density at radius 3 is 2.93 bits per heavy atom. The fourth-order valence-electron chi connectivity index (χ4n) is 3.39. The predicted molar refractivity (Wildman–Crippen MR) is 109 cm³/mol. The molecule has 0 unspecified atom stereocenters. The standard InChI is InChI=1S/C18H20N4O3S2/c1-12-8-14-9-13(5-6-17(14)22(12)27(2,23)24)16-11-26-18(21-20-16)19-10-15-4-3-7-25-15/h3-7,9,12H,8,10-11H2,1-2H3,(H,19,21)/t12-/m1/s1. The zero-order valence-corrected chi connectivity index (χ0v) is 16.7. The number of sulfonamides is 1. The minimum atomic E-state index is -3.27. The number of thioether (sulfide) groups is 1. The van der Waals surface area contributed by atoms with E-state index in [1.54, 1.807) is 18.0 Å². The summed E-state index contributed by atoms with van der Waals surface area (Å²) in [7, 11) is -3.27. The number of nitrogens with one attached hydrogen (secondary N) is 1. The molecule has 0 bridgehead atoms. The smallest absolute Gasteiger partial charge is 0.232 e. The molecule has 0 radical (unpaired) electrons. The second-order valence-electron chi connectivity index (χ2n) is 6.62. The number of rotatable bonds is 4. The first kappa shape index (κ1) is 18.1. The van der Waals surface area contributed by atoms with Gasteiger partial charge in [0.1, 0.15) is 5.76 Å². The van der Waals surface area contributed by atoms with Crippen LogP contribution in [-0.2, 0) is 23.0 Å². The van der Waals surface area contributed by atoms with E-state index in [-0.39, 0.29) is 6.04 Å². The van der Waals surface area contributed by atoms with Crippen LogP contribution >= 0.6 is 11.8 Å². The number of hydrazone groups is 1. The maximum Gasteiger partial charge on any atom is 0.232 e. The number of aliphatic imine (C=N–C) groups is 1. The van der Waals surface area contributed by atoms with Crippen molar-refractivity contribution in [1.29, 1.82) is 0 Å². The molecule has 1 aromatic heterocycles. The Bertz CT molecular complexity index is 1010. The highest BCUT2D eigenvalue weighted by atomic mass is 32.2. The van der Waals surface area contributed by atoms with Crippen LogP contribution in [0.15, 0.2) is 51.1 Å². The topological polar surface area (TPSA) is 87.3 Å². The lowest BCUT2D eigenvalue weighted by Gasteiger charge is -2.22. The van der Waals surface area contributed by atoms with Gasteiger partial charge in [-0.05, 0) is 48.7 Å². The number of hydrogen-bond acceptors (Lipinski definition) is 6.